The van der Waals surface area contributed by atoms with Gasteiger partial charge in [0, 0.05) is 84.5 Å². The van der Waals surface area contributed by atoms with E-state index in [1.54, 1.807) is 6.07 Å². The van der Waals surface area contributed by atoms with E-state index in [-0.39, 0.29) is 74.5 Å². The number of hydrogen-bond acceptors (Lipinski definition) is 8. The zero-order valence-corrected chi connectivity index (χ0v) is 76.1. The minimum absolute atomic E-state index is 0.0161. The van der Waals surface area contributed by atoms with Crippen molar-refractivity contribution in [2.45, 2.75) is 156 Å². The van der Waals surface area contributed by atoms with E-state index in [0.29, 0.717) is 33.7 Å². The lowest BCUT2D eigenvalue weighted by molar-refractivity contribution is 0.332. The number of fused-ring (bicyclic) bond motifs is 13. The van der Waals surface area contributed by atoms with Gasteiger partial charge in [0.25, 0.3) is 13.4 Å². The third-order valence-corrected chi connectivity index (χ3v) is 27.4. The van der Waals surface area contributed by atoms with Crippen molar-refractivity contribution in [1.82, 2.24) is 0 Å². The Labute approximate surface area is 775 Å². The number of nitrogens with zero attached hydrogens (tertiary/aromatic N) is 6. The zero-order valence-electron chi connectivity index (χ0n) is 86.1. The predicted octanol–water partition coefficient (Wildman–Crippen LogP) is 28.9. The standard InChI is InChI=1S/C68H60BN3O.C51H48BN3O/c1-66(2,3)49-32-34-52(35-33-49)72-61-42-54(70(50-26-16-10-17-27-50)51-28-18-11-19-29-51)41-60-63(61)69(65-64(72)55-43-56-57(44-62(55)73-65)68(6,7)38-37-67(56,4)5)58-36-31-48(46-23-14-9-15-24-46)40-59(58)71(60)53-30-20-25-47(39-53)45-21-12-8-13-22-45;1-49(2,3)35-18-23-38(24-19-35)54-42-27-22-37(51(7,8)9)30-41(42)52-46-40-12-10-11-13-45(40)56-48(46)55(39-25-20-36(21-26-39)50(4,5)6)44-29-34(28-43(54)47(44)52)33-16-14-32(31-53)15-17-33/h8-36,39-44H,37-38H2,1-7H3;10-30H,1-9H3/i8D,9D,12D,13D,14D,15D,21D,22D,23D,24D;. The second-order valence-electron chi connectivity index (χ2n) is 40.8. The minimum Gasteiger partial charge on any atom is -0.468 e. The van der Waals surface area contributed by atoms with E-state index in [1.807, 2.05) is 84.9 Å². The summed E-state index contributed by atoms with van der Waals surface area (Å²) in [6, 6.07) is 96.0. The lowest BCUT2D eigenvalue weighted by atomic mass is 9.33. The fourth-order valence-corrected chi connectivity index (χ4v) is 20.3. The Morgan fingerprint density at radius 1 is 0.341 bits per heavy atom. The van der Waals surface area contributed by atoms with Crippen LogP contribution in [0.2, 0.25) is 0 Å². The lowest BCUT2D eigenvalue weighted by Gasteiger charge is -2.44. The van der Waals surface area contributed by atoms with E-state index in [0.717, 1.165) is 125 Å². The highest BCUT2D eigenvalue weighted by Crippen LogP contribution is 2.56. The normalized spacial score (nSPS) is 15.6. The van der Waals surface area contributed by atoms with Gasteiger partial charge in [0.15, 0.2) is 0 Å². The molecule has 0 spiro atoms. The average molecular weight is 1690 g/mol. The third-order valence-electron chi connectivity index (χ3n) is 27.4. The van der Waals surface area contributed by atoms with Crippen LogP contribution in [0.1, 0.15) is 176 Å². The van der Waals surface area contributed by atoms with Crippen molar-refractivity contribution < 1.29 is 22.5 Å². The molecule has 4 aliphatic heterocycles. The van der Waals surface area contributed by atoms with Crippen LogP contribution in [-0.4, -0.2) is 13.4 Å². The van der Waals surface area contributed by atoms with E-state index >= 15 is 0 Å². The summed E-state index contributed by atoms with van der Waals surface area (Å²) >= 11 is 0. The van der Waals surface area contributed by atoms with Crippen molar-refractivity contribution in [3.05, 3.63) is 378 Å². The first-order valence-corrected chi connectivity index (χ1v) is 45.0. The minimum atomic E-state index is -0.578. The number of rotatable bonds is 10. The third kappa shape index (κ3) is 14.1. The molecule has 0 atom stereocenters. The molecule has 6 heterocycles. The first-order valence-electron chi connectivity index (χ1n) is 50.0. The van der Waals surface area contributed by atoms with Gasteiger partial charge in [0.2, 0.25) is 5.88 Å². The monoisotopic (exact) mass is 1680 g/mol. The Hall–Kier alpha value is -14.0. The molecule has 17 aromatic rings. The molecule has 22 rings (SSSR count). The Morgan fingerprint density at radius 3 is 1.38 bits per heavy atom. The molecule has 0 radical (unpaired) electrons. The van der Waals surface area contributed by atoms with Gasteiger partial charge in [-0.2, -0.15) is 5.26 Å². The van der Waals surface area contributed by atoms with Gasteiger partial charge in [-0.3, -0.25) is 4.90 Å². The fraction of sp³-hybridized carbons (Fsp3) is 0.202. The van der Waals surface area contributed by atoms with Gasteiger partial charge >= 0.3 is 0 Å². The Balaban J connectivity index is 0.000000178. The highest BCUT2D eigenvalue weighted by atomic mass is 16.4. The van der Waals surface area contributed by atoms with Crippen molar-refractivity contribution in [2.75, 3.05) is 24.5 Å². The number of hydrogen-bond donors (Lipinski definition) is 0. The average Bonchev–Trinajstić information content (AvgIpc) is 1.62. The van der Waals surface area contributed by atoms with Crippen LogP contribution in [0.4, 0.5) is 85.5 Å². The highest BCUT2D eigenvalue weighted by Gasteiger charge is 2.51. The van der Waals surface area contributed by atoms with Gasteiger partial charge in [-0.15, -0.1) is 0 Å². The lowest BCUT2D eigenvalue weighted by Crippen LogP contribution is -2.61. The van der Waals surface area contributed by atoms with E-state index in [1.165, 1.54) is 55.5 Å². The molecule has 15 aromatic carbocycles. The number of furan rings is 2. The van der Waals surface area contributed by atoms with Gasteiger partial charge in [-0.1, -0.05) is 311 Å². The zero-order chi connectivity index (χ0) is 97.8. The molecular weight excluding hydrogens is 1570 g/mol. The van der Waals surface area contributed by atoms with Gasteiger partial charge in [0.05, 0.1) is 42.4 Å². The second kappa shape index (κ2) is 30.6. The summed E-state index contributed by atoms with van der Waals surface area (Å²) in [4.78, 5) is 11.5. The predicted molar refractivity (Wildman–Crippen MR) is 546 cm³/mol. The fourth-order valence-electron chi connectivity index (χ4n) is 20.3. The molecule has 0 N–H and O–H groups in total. The van der Waals surface area contributed by atoms with E-state index in [4.69, 9.17) is 19.8 Å². The van der Waals surface area contributed by atoms with Crippen molar-refractivity contribution in [3.63, 3.8) is 0 Å². The van der Waals surface area contributed by atoms with Gasteiger partial charge in [-0.05, 0) is 273 Å². The molecule has 0 saturated carbocycles. The van der Waals surface area contributed by atoms with Crippen LogP contribution >= 0.6 is 0 Å². The molecule has 2 aromatic heterocycles. The molecule has 1 aliphatic carbocycles. The van der Waals surface area contributed by atoms with E-state index in [2.05, 4.69) is 329 Å². The summed E-state index contributed by atoms with van der Waals surface area (Å²) in [6.07, 6.45) is 2.03. The Bertz CT molecular complexity index is 7860. The molecule has 5 aliphatic rings. The maximum atomic E-state index is 9.68. The highest BCUT2D eigenvalue weighted by molar-refractivity contribution is 7.02. The summed E-state index contributed by atoms with van der Waals surface area (Å²) in [5.74, 6) is 0.852. The second-order valence-corrected chi connectivity index (χ2v) is 40.8. The largest absolute Gasteiger partial charge is 0.468 e. The van der Waals surface area contributed by atoms with Crippen LogP contribution in [0, 0.1) is 11.3 Å². The quantitative estimate of drug-likeness (QED) is 0.126. The summed E-state index contributed by atoms with van der Waals surface area (Å²) < 4.78 is 103. The Morgan fingerprint density at radius 2 is 0.814 bits per heavy atom. The number of anilines is 15. The molecular formula is C119H108B2N6O2. The van der Waals surface area contributed by atoms with Crippen molar-refractivity contribution in [3.8, 4) is 39.4 Å². The SMILES string of the molecule is CC(C)(C)c1ccc(N2c3ccc(C(C)(C)C)cc3B3c4c2cc(-c2ccc(C#N)cc2)cc4N(c2ccc(C(C)(C)C)cc2)c2oc4ccccc4c23)cc1.[2H]c1c([2H])c([2H])c(-c2cccc(N3c4cc(-c5c([2H])c([2H])c([2H])c([2H])c5[2H])ccc4B4c5oc6cc7c(cc6c5N(c5ccc(C(C)(C)C)cc5)c5cc(N(c6ccccc6)c6ccccc6)cc3c54)C(C)(C)CCC7(C)C)c2)c([2H])c1[2H]. The van der Waals surface area contributed by atoms with Crippen LogP contribution in [-0.2, 0) is 32.5 Å². The van der Waals surface area contributed by atoms with Crippen LogP contribution in [0.15, 0.2) is 348 Å². The molecule has 0 bridgehead atoms. The number of benzene rings is 15. The summed E-state index contributed by atoms with van der Waals surface area (Å²) in [7, 11) is 0. The van der Waals surface area contributed by atoms with Crippen LogP contribution < -0.4 is 57.5 Å². The van der Waals surface area contributed by atoms with E-state index in [9.17, 15) is 8.00 Å². The molecule has 0 fully saturated rings. The smallest absolute Gasteiger partial charge is 0.297 e. The van der Waals surface area contributed by atoms with Crippen molar-refractivity contribution in [1.29, 1.82) is 5.26 Å². The van der Waals surface area contributed by atoms with Crippen molar-refractivity contribution >= 4 is 154 Å². The molecule has 0 saturated heterocycles. The maximum Gasteiger partial charge on any atom is 0.297 e. The molecule has 8 nitrogen and oxygen atoms in total. The van der Waals surface area contributed by atoms with Gasteiger partial charge < -0.3 is 28.4 Å². The summed E-state index contributed by atoms with van der Waals surface area (Å²) in [6.45, 7) is 35.8. The first kappa shape index (κ1) is 71.1. The Kier molecular flexibility index (Phi) is 16.9. The summed E-state index contributed by atoms with van der Waals surface area (Å²) in [5, 5.41) is 11.8. The molecule has 0 unspecified atom stereocenters. The van der Waals surface area contributed by atoms with E-state index < -0.39 is 43.0 Å². The maximum absolute atomic E-state index is 9.68. The summed E-state index contributed by atoms with van der Waals surface area (Å²) in [5.41, 5.74) is 31.4. The number of nitriles is 1. The van der Waals surface area contributed by atoms with Crippen LogP contribution in [0.5, 0.6) is 0 Å². The van der Waals surface area contributed by atoms with Crippen LogP contribution in [0.3, 0.4) is 0 Å². The number of para-hydroxylation sites is 3. The van der Waals surface area contributed by atoms with Crippen LogP contribution in [0.25, 0.3) is 55.3 Å². The molecule has 0 amide bonds. The van der Waals surface area contributed by atoms with Gasteiger partial charge in [0.1, 0.15) is 11.2 Å². The molecule has 632 valence electrons. The first-order chi connectivity index (χ1) is 66.1. The topological polar surface area (TPSA) is 66.3 Å². The van der Waals surface area contributed by atoms with Gasteiger partial charge in [-0.25, -0.2) is 0 Å². The van der Waals surface area contributed by atoms with Crippen molar-refractivity contribution in [2.24, 2.45) is 0 Å². The molecule has 129 heavy (non-hydrogen) atoms. The molecule has 10 heteroatoms.